The van der Waals surface area contributed by atoms with Gasteiger partial charge in [0.25, 0.3) is 0 Å². The smallest absolute Gasteiger partial charge is 0.194 e. The molecule has 0 aromatic carbocycles. The Labute approximate surface area is 70.8 Å². The van der Waals surface area contributed by atoms with Crippen molar-refractivity contribution in [3.05, 3.63) is 22.4 Å². The van der Waals surface area contributed by atoms with Gasteiger partial charge in [0.05, 0.1) is 0 Å². The van der Waals surface area contributed by atoms with E-state index >= 15 is 0 Å². The van der Waals surface area contributed by atoms with Gasteiger partial charge in [-0.1, -0.05) is 6.08 Å². The quantitative estimate of drug-likeness (QED) is 0.321. The van der Waals surface area contributed by atoms with Gasteiger partial charge in [-0.15, -0.1) is 4.48 Å². The molecule has 1 aliphatic rings. The van der Waals surface area contributed by atoms with Crippen molar-refractivity contribution in [1.82, 2.24) is 5.12 Å². The first-order valence-corrected chi connectivity index (χ1v) is 3.80. The minimum absolute atomic E-state index is 0.500. The van der Waals surface area contributed by atoms with Gasteiger partial charge in [-0.05, 0) is 19.3 Å². The molecule has 0 aromatic heterocycles. The van der Waals surface area contributed by atoms with Crippen molar-refractivity contribution in [2.24, 2.45) is 0 Å². The van der Waals surface area contributed by atoms with Crippen molar-refractivity contribution in [3.8, 4) is 0 Å². The highest BCUT2D eigenvalue weighted by atomic mass is 19.2. The van der Waals surface area contributed by atoms with E-state index in [9.17, 15) is 4.48 Å². The molecule has 70 valence electrons. The van der Waals surface area contributed by atoms with Crippen LogP contribution in [0.2, 0.25) is 0 Å². The van der Waals surface area contributed by atoms with Crippen LogP contribution in [0.3, 0.4) is 0 Å². The number of hydrogen-bond acceptors (Lipinski definition) is 3. The fourth-order valence-electron chi connectivity index (χ4n) is 0.788. The molecule has 4 nitrogen and oxygen atoms in total. The molecule has 0 aromatic rings. The van der Waals surface area contributed by atoms with E-state index in [4.69, 9.17) is 10.1 Å². The second kappa shape index (κ2) is 6.57. The molecule has 1 aliphatic heterocycles. The monoisotopic (exact) mass is 176 g/mol. The van der Waals surface area contributed by atoms with Crippen LogP contribution in [0.5, 0.6) is 0 Å². The van der Waals surface area contributed by atoms with Gasteiger partial charge in [-0.25, -0.2) is 5.12 Å². The van der Waals surface area contributed by atoms with Gasteiger partial charge in [-0.3, -0.25) is 10.1 Å². The number of nitrogens with zero attached hydrogens (tertiary/aromatic N) is 2. The first-order chi connectivity index (χ1) is 5.63. The van der Waals surface area contributed by atoms with Crippen LogP contribution < -0.4 is 0 Å². The van der Waals surface area contributed by atoms with Gasteiger partial charge in [0.15, 0.2) is 7.05 Å². The third kappa shape index (κ3) is 8.87. The molecule has 0 saturated carbocycles. The van der Waals surface area contributed by atoms with Crippen LogP contribution in [-0.4, -0.2) is 23.6 Å². The molecule has 0 radical (unpaired) electrons. The highest BCUT2D eigenvalue weighted by Gasteiger charge is 1.97. The zero-order valence-electron chi connectivity index (χ0n) is 7.07. The Balaban J connectivity index is 0.000000261. The lowest BCUT2D eigenvalue weighted by Gasteiger charge is -2.02. The lowest BCUT2D eigenvalue weighted by atomic mass is 10.2. The van der Waals surface area contributed by atoms with Crippen molar-refractivity contribution in [3.63, 3.8) is 0 Å². The number of nitro groups is 1. The zero-order chi connectivity index (χ0) is 9.40. The Bertz CT molecular complexity index is 157. The van der Waals surface area contributed by atoms with Crippen molar-refractivity contribution >= 4 is 0 Å². The summed E-state index contributed by atoms with van der Waals surface area (Å²) in [5.41, 5.74) is 0. The van der Waals surface area contributed by atoms with E-state index in [-0.39, 0.29) is 0 Å². The average molecular weight is 176 g/mol. The van der Waals surface area contributed by atoms with E-state index in [0.29, 0.717) is 6.54 Å². The van der Waals surface area contributed by atoms with Crippen LogP contribution in [0.1, 0.15) is 19.3 Å². The van der Waals surface area contributed by atoms with E-state index in [2.05, 4.69) is 0 Å². The summed E-state index contributed by atoms with van der Waals surface area (Å²) in [6, 6.07) is 0. The third-order valence-corrected chi connectivity index (χ3v) is 1.26. The Morgan fingerprint density at radius 1 is 1.58 bits per heavy atom. The van der Waals surface area contributed by atoms with Crippen molar-refractivity contribution in [1.29, 1.82) is 0 Å². The predicted octanol–water partition coefficient (Wildman–Crippen LogP) is 1.76. The number of rotatable bonds is 0. The topological polar surface area (TPSA) is 46.4 Å². The normalized spacial score (nSPS) is 16.0. The molecule has 1 rings (SSSR count). The predicted molar refractivity (Wildman–Crippen MR) is 43.7 cm³/mol. The summed E-state index contributed by atoms with van der Waals surface area (Å²) in [5.74, 6) is 0. The first-order valence-electron chi connectivity index (χ1n) is 3.80. The zero-order valence-corrected chi connectivity index (χ0v) is 7.07. The summed E-state index contributed by atoms with van der Waals surface area (Å²) in [6.07, 6.45) is 6.50. The highest BCUT2D eigenvalue weighted by molar-refractivity contribution is 4.81. The van der Waals surface area contributed by atoms with Crippen LogP contribution in [0.4, 0.5) is 4.48 Å². The molecular formula is C7H13FN2O2. The lowest BCUT2D eigenvalue weighted by Crippen LogP contribution is -2.04. The van der Waals surface area contributed by atoms with Gasteiger partial charge in [0.2, 0.25) is 0 Å². The molecular weight excluding hydrogens is 163 g/mol. The summed E-state index contributed by atoms with van der Waals surface area (Å²) >= 11 is 0. The third-order valence-electron chi connectivity index (χ3n) is 1.26. The molecule has 12 heavy (non-hydrogen) atoms. The van der Waals surface area contributed by atoms with Crippen molar-refractivity contribution in [2.45, 2.75) is 19.3 Å². The van der Waals surface area contributed by atoms with E-state index in [0.717, 1.165) is 31.4 Å². The molecule has 1 heterocycles. The van der Waals surface area contributed by atoms with Gasteiger partial charge >= 0.3 is 0 Å². The lowest BCUT2D eigenvalue weighted by molar-refractivity contribution is -0.445. The Hall–Kier alpha value is -1.13. The Kier molecular flexibility index (Phi) is 5.95. The maximum Gasteiger partial charge on any atom is 0.194 e. The molecule has 0 spiro atoms. The maximum absolute atomic E-state index is 12.2. The maximum atomic E-state index is 12.2. The van der Waals surface area contributed by atoms with E-state index in [1.807, 2.05) is 6.08 Å². The summed E-state index contributed by atoms with van der Waals surface area (Å²) < 4.78 is 12.2. The van der Waals surface area contributed by atoms with Crippen molar-refractivity contribution < 1.29 is 9.40 Å². The van der Waals surface area contributed by atoms with Crippen molar-refractivity contribution in [2.75, 3.05) is 13.6 Å². The van der Waals surface area contributed by atoms with Crippen LogP contribution in [0.25, 0.3) is 0 Å². The molecule has 0 amide bonds. The standard InChI is InChI=1S/C6H10FN.CH3NO2/c7-8-5-3-1-2-4-6-8;1-2(3)4/h3,5H,1-2,4,6H2;1H3. The minimum atomic E-state index is -0.500. The Morgan fingerprint density at radius 2 is 2.17 bits per heavy atom. The molecule has 0 aliphatic carbocycles. The molecule has 5 heteroatoms. The highest BCUT2D eigenvalue weighted by Crippen LogP contribution is 2.05. The molecule has 0 saturated heterocycles. The summed E-state index contributed by atoms with van der Waals surface area (Å²) in [7, 11) is 0.889. The van der Waals surface area contributed by atoms with Crippen LogP contribution in [0.15, 0.2) is 12.3 Å². The molecule has 0 fully saturated rings. The number of halogens is 1. The van der Waals surface area contributed by atoms with Gasteiger partial charge in [0, 0.05) is 17.7 Å². The van der Waals surface area contributed by atoms with Gasteiger partial charge < -0.3 is 0 Å². The number of hydrogen-bond donors (Lipinski definition) is 0. The average Bonchev–Trinajstić information content (AvgIpc) is 2.14. The summed E-state index contributed by atoms with van der Waals surface area (Å²) in [6.45, 7) is 0.566. The van der Waals surface area contributed by atoms with Gasteiger partial charge in [0.1, 0.15) is 0 Å². The second-order valence-electron chi connectivity index (χ2n) is 2.44. The fourth-order valence-corrected chi connectivity index (χ4v) is 0.788. The Morgan fingerprint density at radius 3 is 2.75 bits per heavy atom. The molecule has 0 bridgehead atoms. The summed E-state index contributed by atoms with van der Waals surface area (Å²) in [5, 5.41) is 9.55. The second-order valence-corrected chi connectivity index (χ2v) is 2.44. The van der Waals surface area contributed by atoms with Crippen LogP contribution in [0, 0.1) is 10.1 Å². The first kappa shape index (κ1) is 10.9. The van der Waals surface area contributed by atoms with Crippen LogP contribution >= 0.6 is 0 Å². The van der Waals surface area contributed by atoms with E-state index < -0.39 is 4.92 Å². The molecule has 0 unspecified atom stereocenters. The molecule has 0 atom stereocenters. The SMILES string of the molecule is C[N+](=O)[O-].FN1C=CCCCC1. The summed E-state index contributed by atoms with van der Waals surface area (Å²) in [4.78, 5) is 8.31. The van der Waals surface area contributed by atoms with Crippen LogP contribution in [-0.2, 0) is 0 Å². The van der Waals surface area contributed by atoms with E-state index in [1.54, 1.807) is 0 Å². The van der Waals surface area contributed by atoms with Gasteiger partial charge in [-0.2, -0.15) is 0 Å². The molecule has 0 N–H and O–H groups in total. The minimum Gasteiger partial charge on any atom is -0.265 e. The fraction of sp³-hybridized carbons (Fsp3) is 0.714. The number of allylic oxidation sites excluding steroid dienone is 1. The largest absolute Gasteiger partial charge is 0.265 e. The van der Waals surface area contributed by atoms with E-state index in [1.165, 1.54) is 6.20 Å².